The van der Waals surface area contributed by atoms with E-state index in [1.54, 1.807) is 0 Å². The fraction of sp³-hybridized carbons (Fsp3) is 0. The fourth-order valence-corrected chi connectivity index (χ4v) is 4.96. The number of rotatable bonds is 3. The van der Waals surface area contributed by atoms with Crippen molar-refractivity contribution in [2.75, 3.05) is 0 Å². The minimum absolute atomic E-state index is 0.630. The van der Waals surface area contributed by atoms with Crippen LogP contribution in [0.4, 0.5) is 0 Å². The summed E-state index contributed by atoms with van der Waals surface area (Å²) in [6.45, 7) is 0. The Hall–Kier alpha value is -4.89. The van der Waals surface area contributed by atoms with E-state index >= 15 is 0 Å². The Balaban J connectivity index is 1.49. The van der Waals surface area contributed by atoms with Crippen LogP contribution in [0, 0.1) is 0 Å². The Morgan fingerprint density at radius 1 is 0.389 bits per heavy atom. The highest BCUT2D eigenvalue weighted by molar-refractivity contribution is 6.08. The molecule has 0 unspecified atom stereocenters. The molecule has 0 spiro atoms. The molecule has 0 aliphatic carbocycles. The van der Waals surface area contributed by atoms with Crippen molar-refractivity contribution >= 4 is 32.6 Å². The van der Waals surface area contributed by atoms with Crippen molar-refractivity contribution < 1.29 is 0 Å². The molecule has 7 aromatic rings. The molecule has 0 amide bonds. The van der Waals surface area contributed by atoms with Crippen LogP contribution in [0.15, 0.2) is 127 Å². The van der Waals surface area contributed by atoms with E-state index in [4.69, 9.17) is 15.0 Å². The van der Waals surface area contributed by atoms with Gasteiger partial charge >= 0.3 is 0 Å². The minimum atomic E-state index is 0.630. The van der Waals surface area contributed by atoms with Crippen molar-refractivity contribution in [2.45, 2.75) is 0 Å². The first-order valence-corrected chi connectivity index (χ1v) is 12.1. The van der Waals surface area contributed by atoms with Gasteiger partial charge in [-0.15, -0.1) is 0 Å². The normalized spacial score (nSPS) is 11.3. The Kier molecular flexibility index (Phi) is 4.78. The third-order valence-electron chi connectivity index (χ3n) is 6.69. The highest BCUT2D eigenvalue weighted by atomic mass is 14.9. The van der Waals surface area contributed by atoms with E-state index in [0.717, 1.165) is 38.8 Å². The van der Waals surface area contributed by atoms with Gasteiger partial charge in [0.25, 0.3) is 0 Å². The van der Waals surface area contributed by atoms with Gasteiger partial charge in [0.1, 0.15) is 5.69 Å². The van der Waals surface area contributed by atoms with Crippen LogP contribution < -0.4 is 0 Å². The summed E-state index contributed by atoms with van der Waals surface area (Å²) in [5, 5.41) is 4.50. The van der Waals surface area contributed by atoms with Gasteiger partial charge in [-0.3, -0.25) is 0 Å². The van der Waals surface area contributed by atoms with Crippen LogP contribution in [0.2, 0.25) is 0 Å². The van der Waals surface area contributed by atoms with Crippen molar-refractivity contribution in [1.29, 1.82) is 0 Å². The zero-order valence-corrected chi connectivity index (χ0v) is 19.5. The van der Waals surface area contributed by atoms with Crippen LogP contribution in [-0.4, -0.2) is 15.0 Å². The molecule has 0 atom stereocenters. The maximum atomic E-state index is 5.13. The van der Waals surface area contributed by atoms with Crippen LogP contribution in [0.1, 0.15) is 0 Å². The zero-order chi connectivity index (χ0) is 23.9. The molecule has 0 N–H and O–H groups in total. The quantitative estimate of drug-likeness (QED) is 0.267. The van der Waals surface area contributed by atoms with Gasteiger partial charge in [0.05, 0.1) is 16.7 Å². The Labute approximate surface area is 208 Å². The third-order valence-corrected chi connectivity index (χ3v) is 6.69. The van der Waals surface area contributed by atoms with E-state index in [-0.39, 0.29) is 0 Å². The van der Waals surface area contributed by atoms with Crippen LogP contribution in [-0.2, 0) is 0 Å². The average Bonchev–Trinajstić information content (AvgIpc) is 2.96. The fourth-order valence-electron chi connectivity index (χ4n) is 4.96. The number of hydrogen-bond donors (Lipinski definition) is 0. The number of pyridine rings is 1. The van der Waals surface area contributed by atoms with Crippen molar-refractivity contribution in [3.05, 3.63) is 127 Å². The molecule has 36 heavy (non-hydrogen) atoms. The summed E-state index contributed by atoms with van der Waals surface area (Å²) in [6, 6.07) is 43.9. The summed E-state index contributed by atoms with van der Waals surface area (Å²) in [4.78, 5) is 14.9. The van der Waals surface area contributed by atoms with Gasteiger partial charge in [-0.1, -0.05) is 109 Å². The predicted molar refractivity (Wildman–Crippen MR) is 149 cm³/mol. The molecule has 2 aromatic heterocycles. The van der Waals surface area contributed by atoms with Crippen LogP contribution in [0.3, 0.4) is 0 Å². The first kappa shape index (κ1) is 20.5. The second-order valence-corrected chi connectivity index (χ2v) is 8.87. The molecule has 0 saturated heterocycles. The van der Waals surface area contributed by atoms with Crippen molar-refractivity contribution in [2.24, 2.45) is 0 Å². The molecule has 0 radical (unpaired) electrons. The predicted octanol–water partition coefficient (Wildman–Crippen LogP) is 8.33. The number of nitrogens with zero attached hydrogens (tertiary/aromatic N) is 3. The lowest BCUT2D eigenvalue weighted by molar-refractivity contribution is 1.20. The van der Waals surface area contributed by atoms with Crippen molar-refractivity contribution in [1.82, 2.24) is 15.0 Å². The maximum Gasteiger partial charge on any atom is 0.179 e. The van der Waals surface area contributed by atoms with E-state index in [2.05, 4.69) is 84.9 Å². The maximum absolute atomic E-state index is 5.13. The van der Waals surface area contributed by atoms with Crippen molar-refractivity contribution in [3.8, 4) is 33.9 Å². The summed E-state index contributed by atoms with van der Waals surface area (Å²) in [7, 11) is 0. The number of para-hydroxylation sites is 2. The van der Waals surface area contributed by atoms with E-state index in [1.165, 1.54) is 21.9 Å². The van der Waals surface area contributed by atoms with Gasteiger partial charge < -0.3 is 0 Å². The van der Waals surface area contributed by atoms with E-state index in [1.807, 2.05) is 42.5 Å². The largest absolute Gasteiger partial charge is 0.244 e. The lowest BCUT2D eigenvalue weighted by Crippen LogP contribution is -1.97. The monoisotopic (exact) mass is 459 g/mol. The first-order valence-electron chi connectivity index (χ1n) is 12.1. The van der Waals surface area contributed by atoms with Crippen LogP contribution >= 0.6 is 0 Å². The molecule has 0 aliphatic rings. The lowest BCUT2D eigenvalue weighted by atomic mass is 9.93. The van der Waals surface area contributed by atoms with Gasteiger partial charge in [0, 0.05) is 16.3 Å². The van der Waals surface area contributed by atoms with Crippen LogP contribution in [0.5, 0.6) is 0 Å². The average molecular weight is 460 g/mol. The number of fused-ring (bicyclic) bond motifs is 3. The SMILES string of the molecule is c1ccc(-c2ccc(-c3nc(-c4ccc5ccccc5n4)nc4ccccc34)c3ccccc23)cc1. The van der Waals surface area contributed by atoms with Gasteiger partial charge in [-0.05, 0) is 40.1 Å². The molecular weight excluding hydrogens is 438 g/mol. The molecule has 0 saturated carbocycles. The first-order chi connectivity index (χ1) is 17.8. The second kappa shape index (κ2) is 8.40. The van der Waals surface area contributed by atoms with E-state index in [0.29, 0.717) is 5.82 Å². The third kappa shape index (κ3) is 3.41. The van der Waals surface area contributed by atoms with Crippen molar-refractivity contribution in [3.63, 3.8) is 0 Å². The summed E-state index contributed by atoms with van der Waals surface area (Å²) in [5.41, 5.74) is 7.03. The molecule has 2 heterocycles. The molecule has 5 aromatic carbocycles. The molecule has 3 nitrogen and oxygen atoms in total. The number of hydrogen-bond acceptors (Lipinski definition) is 3. The molecule has 168 valence electrons. The Bertz CT molecular complexity index is 1890. The Morgan fingerprint density at radius 3 is 1.86 bits per heavy atom. The smallest absolute Gasteiger partial charge is 0.179 e. The summed E-state index contributed by atoms with van der Waals surface area (Å²) < 4.78 is 0. The highest BCUT2D eigenvalue weighted by Crippen LogP contribution is 2.38. The van der Waals surface area contributed by atoms with E-state index in [9.17, 15) is 0 Å². The van der Waals surface area contributed by atoms with Gasteiger partial charge in [0.2, 0.25) is 0 Å². The molecule has 0 aliphatic heterocycles. The molecule has 7 rings (SSSR count). The summed E-state index contributed by atoms with van der Waals surface area (Å²) in [6.07, 6.45) is 0. The molecule has 3 heteroatoms. The standard InChI is InChI=1S/C33H21N3/c1-2-10-22(11-3-1)24-19-20-27(26-14-6-5-13-25(24)26)32-28-15-7-9-17-30(28)35-33(36-32)31-21-18-23-12-4-8-16-29(23)34-31/h1-21H. The van der Waals surface area contributed by atoms with E-state index < -0.39 is 0 Å². The molecule has 0 bridgehead atoms. The zero-order valence-electron chi connectivity index (χ0n) is 19.5. The Morgan fingerprint density at radius 2 is 1.03 bits per heavy atom. The van der Waals surface area contributed by atoms with Gasteiger partial charge in [-0.2, -0.15) is 0 Å². The lowest BCUT2D eigenvalue weighted by Gasteiger charge is -2.14. The molecule has 0 fully saturated rings. The summed E-state index contributed by atoms with van der Waals surface area (Å²) in [5.74, 6) is 0.630. The topological polar surface area (TPSA) is 38.7 Å². The number of aromatic nitrogens is 3. The van der Waals surface area contributed by atoms with Gasteiger partial charge in [0.15, 0.2) is 5.82 Å². The highest BCUT2D eigenvalue weighted by Gasteiger charge is 2.16. The van der Waals surface area contributed by atoms with Gasteiger partial charge in [-0.25, -0.2) is 15.0 Å². The molecular formula is C33H21N3. The second-order valence-electron chi connectivity index (χ2n) is 8.87. The van der Waals surface area contributed by atoms with Crippen LogP contribution in [0.25, 0.3) is 66.5 Å². The number of benzene rings is 5. The minimum Gasteiger partial charge on any atom is -0.244 e. The summed E-state index contributed by atoms with van der Waals surface area (Å²) >= 11 is 0.